The lowest BCUT2D eigenvalue weighted by atomic mass is 10.0. The first-order valence-electron chi connectivity index (χ1n) is 8.59. The van der Waals surface area contributed by atoms with E-state index in [-0.39, 0.29) is 24.4 Å². The molecule has 8 heteroatoms. The third-order valence-electron chi connectivity index (χ3n) is 4.41. The number of nitrogens with zero attached hydrogens (tertiary/aromatic N) is 2. The number of benzene rings is 1. The van der Waals surface area contributed by atoms with Gasteiger partial charge in [0, 0.05) is 30.3 Å². The van der Waals surface area contributed by atoms with Crippen molar-refractivity contribution in [3.8, 4) is 11.3 Å². The van der Waals surface area contributed by atoms with Gasteiger partial charge in [0.15, 0.2) is 0 Å². The van der Waals surface area contributed by atoms with Gasteiger partial charge >= 0.3 is 0 Å². The Bertz CT molecular complexity index is 715. The van der Waals surface area contributed by atoms with Crippen LogP contribution in [0.4, 0.5) is 0 Å². The number of hydrogen-bond donors (Lipinski definition) is 2. The molecule has 26 heavy (non-hydrogen) atoms. The van der Waals surface area contributed by atoms with Crippen LogP contribution in [0, 0.1) is 0 Å². The van der Waals surface area contributed by atoms with Crippen molar-refractivity contribution >= 4 is 29.9 Å². The Kier molecular flexibility index (Phi) is 7.90. The first-order chi connectivity index (χ1) is 12.2. The molecule has 142 valence electrons. The molecule has 6 nitrogen and oxygen atoms in total. The molecule has 1 fully saturated rings. The summed E-state index contributed by atoms with van der Waals surface area (Å²) in [6.45, 7) is 2.71. The van der Waals surface area contributed by atoms with Crippen LogP contribution in [-0.4, -0.2) is 53.3 Å². The maximum Gasteiger partial charge on any atom is 0.257 e. The average molecular weight is 399 g/mol. The first-order valence-corrected chi connectivity index (χ1v) is 8.97. The number of nitrogens with two attached hydrogens (primary N) is 1. The molecule has 1 amide bonds. The van der Waals surface area contributed by atoms with E-state index in [0.717, 1.165) is 24.8 Å². The molecule has 1 aromatic heterocycles. The van der Waals surface area contributed by atoms with E-state index in [1.807, 2.05) is 23.1 Å². The summed E-state index contributed by atoms with van der Waals surface area (Å²) >= 11 is 6.06. The van der Waals surface area contributed by atoms with E-state index in [9.17, 15) is 4.79 Å². The van der Waals surface area contributed by atoms with Gasteiger partial charge in [0.1, 0.15) is 0 Å². The zero-order valence-electron chi connectivity index (χ0n) is 14.5. The fourth-order valence-corrected chi connectivity index (χ4v) is 3.23. The third-order valence-corrected chi connectivity index (χ3v) is 4.65. The highest BCUT2D eigenvalue weighted by molar-refractivity contribution is 6.30. The van der Waals surface area contributed by atoms with Crippen LogP contribution in [-0.2, 0) is 4.74 Å². The molecule has 2 aromatic rings. The molecule has 0 aliphatic carbocycles. The fraction of sp³-hybridized carbons (Fsp3) is 0.444. The van der Waals surface area contributed by atoms with Crippen molar-refractivity contribution in [1.82, 2.24) is 15.1 Å². The zero-order valence-corrected chi connectivity index (χ0v) is 16.1. The summed E-state index contributed by atoms with van der Waals surface area (Å²) in [5, 5.41) is 7.60. The second kappa shape index (κ2) is 9.92. The lowest BCUT2D eigenvalue weighted by Gasteiger charge is -2.32. The number of aromatic nitrogens is 2. The number of carbonyl (C=O) groups excluding carboxylic acids is 1. The second-order valence-electron chi connectivity index (χ2n) is 6.17. The number of nitrogens with one attached hydrogen (secondary N) is 1. The third kappa shape index (κ3) is 4.98. The molecule has 0 bridgehead atoms. The number of carbonyl (C=O) groups is 1. The van der Waals surface area contributed by atoms with E-state index in [4.69, 9.17) is 22.1 Å². The van der Waals surface area contributed by atoms with E-state index in [1.165, 1.54) is 0 Å². The van der Waals surface area contributed by atoms with Gasteiger partial charge in [0.05, 0.1) is 23.6 Å². The highest BCUT2D eigenvalue weighted by Gasteiger charge is 2.26. The van der Waals surface area contributed by atoms with Crippen molar-refractivity contribution in [2.75, 3.05) is 26.2 Å². The Morgan fingerprint density at radius 2 is 2.15 bits per heavy atom. The highest BCUT2D eigenvalue weighted by Crippen LogP contribution is 2.26. The molecule has 1 aliphatic rings. The smallest absolute Gasteiger partial charge is 0.257 e. The predicted octanol–water partition coefficient (Wildman–Crippen LogP) is 3.12. The van der Waals surface area contributed by atoms with Crippen LogP contribution in [0.15, 0.2) is 30.5 Å². The van der Waals surface area contributed by atoms with E-state index >= 15 is 0 Å². The van der Waals surface area contributed by atoms with Crippen molar-refractivity contribution in [1.29, 1.82) is 0 Å². The Morgan fingerprint density at radius 1 is 1.38 bits per heavy atom. The highest BCUT2D eigenvalue weighted by atomic mass is 35.5. The molecule has 1 aliphatic heterocycles. The largest absolute Gasteiger partial charge is 0.378 e. The number of ether oxygens (including phenoxy) is 1. The SMILES string of the molecule is Cl.NCCCOC1CCN(C(=O)c2cn[nH]c2-c2cccc(Cl)c2)CC1. The van der Waals surface area contributed by atoms with Gasteiger partial charge in [-0.15, -0.1) is 12.4 Å². The fourth-order valence-electron chi connectivity index (χ4n) is 3.04. The molecule has 2 heterocycles. The summed E-state index contributed by atoms with van der Waals surface area (Å²) in [5.41, 5.74) is 7.61. The van der Waals surface area contributed by atoms with Crippen LogP contribution in [0.5, 0.6) is 0 Å². The van der Waals surface area contributed by atoms with Crippen molar-refractivity contribution < 1.29 is 9.53 Å². The van der Waals surface area contributed by atoms with Gasteiger partial charge in [0.2, 0.25) is 0 Å². The topological polar surface area (TPSA) is 84.2 Å². The van der Waals surface area contributed by atoms with Gasteiger partial charge in [-0.25, -0.2) is 0 Å². The number of aromatic amines is 1. The minimum Gasteiger partial charge on any atom is -0.378 e. The lowest BCUT2D eigenvalue weighted by molar-refractivity contribution is 0.00847. The number of hydrogen-bond acceptors (Lipinski definition) is 4. The molecule has 1 aromatic carbocycles. The van der Waals surface area contributed by atoms with E-state index in [1.54, 1.807) is 12.3 Å². The molecule has 0 radical (unpaired) electrons. The number of rotatable bonds is 6. The molecule has 0 spiro atoms. The molecule has 0 unspecified atom stereocenters. The number of H-pyrrole nitrogens is 1. The number of halogens is 2. The normalized spacial score (nSPS) is 14.9. The minimum atomic E-state index is -0.0101. The second-order valence-corrected chi connectivity index (χ2v) is 6.61. The maximum absolute atomic E-state index is 12.9. The Labute approximate surface area is 164 Å². The van der Waals surface area contributed by atoms with Crippen molar-refractivity contribution in [3.63, 3.8) is 0 Å². The van der Waals surface area contributed by atoms with Crippen LogP contribution < -0.4 is 5.73 Å². The van der Waals surface area contributed by atoms with Crippen molar-refractivity contribution in [2.45, 2.75) is 25.4 Å². The molecular formula is C18H24Cl2N4O2. The molecule has 0 atom stereocenters. The van der Waals surface area contributed by atoms with Gasteiger partial charge in [0.25, 0.3) is 5.91 Å². The molecule has 1 saturated heterocycles. The summed E-state index contributed by atoms with van der Waals surface area (Å²) in [4.78, 5) is 14.7. The number of likely N-dealkylation sites (tertiary alicyclic amines) is 1. The van der Waals surface area contributed by atoms with Gasteiger partial charge in [-0.3, -0.25) is 9.89 Å². The lowest BCUT2D eigenvalue weighted by Crippen LogP contribution is -2.41. The number of amides is 1. The minimum absolute atomic E-state index is 0. The van der Waals surface area contributed by atoms with Crippen molar-refractivity contribution in [2.24, 2.45) is 5.73 Å². The average Bonchev–Trinajstić information content (AvgIpc) is 3.12. The van der Waals surface area contributed by atoms with Crippen LogP contribution in [0.1, 0.15) is 29.6 Å². The van der Waals surface area contributed by atoms with Gasteiger partial charge in [-0.1, -0.05) is 23.7 Å². The summed E-state index contributed by atoms with van der Waals surface area (Å²) in [7, 11) is 0. The van der Waals surface area contributed by atoms with Gasteiger partial charge in [-0.2, -0.15) is 5.10 Å². The quantitative estimate of drug-likeness (QED) is 0.731. The van der Waals surface area contributed by atoms with E-state index in [0.29, 0.717) is 42.5 Å². The molecule has 0 saturated carbocycles. The Hall–Kier alpha value is -1.60. The summed E-state index contributed by atoms with van der Waals surface area (Å²) in [6.07, 6.45) is 4.37. The number of piperidine rings is 1. The van der Waals surface area contributed by atoms with Gasteiger partial charge in [-0.05, 0) is 37.9 Å². The summed E-state index contributed by atoms with van der Waals surface area (Å²) in [5.74, 6) is -0.0101. The van der Waals surface area contributed by atoms with Crippen molar-refractivity contribution in [3.05, 3.63) is 41.0 Å². The molecular weight excluding hydrogens is 375 g/mol. The van der Waals surface area contributed by atoms with Crippen LogP contribution in [0.3, 0.4) is 0 Å². The van der Waals surface area contributed by atoms with E-state index < -0.39 is 0 Å². The monoisotopic (exact) mass is 398 g/mol. The Balaban J connectivity index is 0.00000243. The predicted molar refractivity (Wildman–Crippen MR) is 105 cm³/mol. The zero-order chi connectivity index (χ0) is 17.6. The van der Waals surface area contributed by atoms with Crippen LogP contribution in [0.25, 0.3) is 11.3 Å². The molecule has 3 rings (SSSR count). The van der Waals surface area contributed by atoms with Crippen LogP contribution in [0.2, 0.25) is 5.02 Å². The standard InChI is InChI=1S/C18H23ClN4O2.ClH/c19-14-4-1-3-13(11-14)17-16(12-21-22-17)18(24)23-8-5-15(6-9-23)25-10-2-7-20;/h1,3-4,11-12,15H,2,5-10,20H2,(H,21,22);1H. The first kappa shape index (κ1) is 20.7. The summed E-state index contributed by atoms with van der Waals surface area (Å²) in [6, 6.07) is 7.40. The molecule has 3 N–H and O–H groups in total. The maximum atomic E-state index is 12.9. The van der Waals surface area contributed by atoms with Gasteiger partial charge < -0.3 is 15.4 Å². The van der Waals surface area contributed by atoms with E-state index in [2.05, 4.69) is 10.2 Å². The van der Waals surface area contributed by atoms with Crippen LogP contribution >= 0.6 is 24.0 Å². The Morgan fingerprint density at radius 3 is 2.85 bits per heavy atom. The summed E-state index contributed by atoms with van der Waals surface area (Å²) < 4.78 is 5.80.